The van der Waals surface area contributed by atoms with Crippen molar-refractivity contribution in [1.82, 2.24) is 0 Å². The molecule has 4 rings (SSSR count). The highest BCUT2D eigenvalue weighted by Crippen LogP contribution is 2.34. The molecule has 0 aliphatic carbocycles. The van der Waals surface area contributed by atoms with Crippen molar-refractivity contribution in [3.8, 4) is 0 Å². The number of nitrogens with zero attached hydrogens (tertiary/aromatic N) is 1. The summed E-state index contributed by atoms with van der Waals surface area (Å²) in [6, 6.07) is 26.1. The largest absolute Gasteiger partial charge is 0.371 e. The average molecular weight is 423 g/mol. The Morgan fingerprint density at radius 3 is 2.41 bits per heavy atom. The third-order valence-corrected chi connectivity index (χ3v) is 6.47. The monoisotopic (exact) mass is 422 g/mol. The summed E-state index contributed by atoms with van der Waals surface area (Å²) in [5, 5.41) is 3.91. The molecule has 1 aliphatic heterocycles. The number of rotatable bonds is 5. The number of carbonyl (C=O) groups is 1. The molecule has 3 nitrogen and oxygen atoms in total. The molecule has 3 aromatic carbocycles. The number of carbonyl (C=O) groups excluding carboxylic acids is 1. The highest BCUT2D eigenvalue weighted by Gasteiger charge is 2.25. The van der Waals surface area contributed by atoms with E-state index < -0.39 is 0 Å². The van der Waals surface area contributed by atoms with Gasteiger partial charge in [-0.15, -0.1) is 0 Å². The summed E-state index contributed by atoms with van der Waals surface area (Å²) in [4.78, 5) is 17.4. The first-order valence-electron chi connectivity index (χ1n) is 9.82. The van der Waals surface area contributed by atoms with Gasteiger partial charge in [0, 0.05) is 39.5 Å². The van der Waals surface area contributed by atoms with Gasteiger partial charge in [0.05, 0.1) is 5.69 Å². The highest BCUT2D eigenvalue weighted by molar-refractivity contribution is 7.99. The Morgan fingerprint density at radius 2 is 1.66 bits per heavy atom. The summed E-state index contributed by atoms with van der Waals surface area (Å²) in [6.45, 7) is 1.72. The van der Waals surface area contributed by atoms with Gasteiger partial charge < -0.3 is 10.2 Å². The first-order valence-corrected chi connectivity index (χ1v) is 11.0. The first-order chi connectivity index (χ1) is 14.2. The van der Waals surface area contributed by atoms with Crippen molar-refractivity contribution < 1.29 is 4.79 Å². The Morgan fingerprint density at radius 1 is 0.931 bits per heavy atom. The summed E-state index contributed by atoms with van der Waals surface area (Å²) in [5.74, 6) is 0.136. The topological polar surface area (TPSA) is 32.3 Å². The van der Waals surface area contributed by atoms with Crippen LogP contribution in [-0.2, 0) is 4.79 Å². The molecule has 0 spiro atoms. The maximum atomic E-state index is 12.9. The fourth-order valence-corrected chi connectivity index (χ4v) is 4.69. The van der Waals surface area contributed by atoms with Gasteiger partial charge >= 0.3 is 0 Å². The van der Waals surface area contributed by atoms with E-state index in [4.69, 9.17) is 11.6 Å². The van der Waals surface area contributed by atoms with Gasteiger partial charge in [0.2, 0.25) is 5.91 Å². The van der Waals surface area contributed by atoms with Crippen LogP contribution < -0.4 is 10.2 Å². The van der Waals surface area contributed by atoms with E-state index in [1.54, 1.807) is 11.8 Å². The molecule has 5 heteroatoms. The normalized spacial score (nSPS) is 14.6. The smallest absolute Gasteiger partial charge is 0.227 e. The van der Waals surface area contributed by atoms with E-state index in [9.17, 15) is 4.79 Å². The molecule has 1 N–H and O–H groups in total. The third kappa shape index (κ3) is 5.14. The molecule has 29 heavy (non-hydrogen) atoms. The van der Waals surface area contributed by atoms with Crippen LogP contribution >= 0.6 is 23.4 Å². The van der Waals surface area contributed by atoms with Crippen LogP contribution in [0.1, 0.15) is 12.8 Å². The molecule has 1 amide bonds. The minimum absolute atomic E-state index is 0.0280. The number of benzene rings is 3. The Kier molecular flexibility index (Phi) is 6.43. The quantitative estimate of drug-likeness (QED) is 0.520. The minimum atomic E-state index is 0.0280. The van der Waals surface area contributed by atoms with Crippen LogP contribution in [0.5, 0.6) is 0 Å². The molecule has 1 aliphatic rings. The number of amides is 1. The number of piperidine rings is 1. The van der Waals surface area contributed by atoms with E-state index in [2.05, 4.69) is 34.5 Å². The fraction of sp³-hybridized carbons (Fsp3) is 0.208. The maximum absolute atomic E-state index is 12.9. The van der Waals surface area contributed by atoms with Crippen molar-refractivity contribution >= 4 is 40.6 Å². The molecular weight excluding hydrogens is 400 g/mol. The molecule has 0 bridgehead atoms. The summed E-state index contributed by atoms with van der Waals surface area (Å²) < 4.78 is 0. The molecule has 1 fully saturated rings. The molecule has 1 heterocycles. The zero-order valence-electron chi connectivity index (χ0n) is 16.1. The molecule has 148 valence electrons. The number of halogens is 1. The number of hydrogen-bond acceptors (Lipinski definition) is 3. The lowest BCUT2D eigenvalue weighted by atomic mass is 9.95. The molecule has 1 saturated heterocycles. The molecule has 3 aromatic rings. The zero-order valence-corrected chi connectivity index (χ0v) is 17.6. The average Bonchev–Trinajstić information content (AvgIpc) is 2.76. The predicted molar refractivity (Wildman–Crippen MR) is 122 cm³/mol. The number of anilines is 2. The molecule has 0 atom stereocenters. The summed E-state index contributed by atoms with van der Waals surface area (Å²) >= 11 is 7.78. The fourth-order valence-electron chi connectivity index (χ4n) is 3.58. The Balaban J connectivity index is 1.38. The van der Waals surface area contributed by atoms with Gasteiger partial charge in [-0.1, -0.05) is 59.8 Å². The van der Waals surface area contributed by atoms with Gasteiger partial charge in [0.15, 0.2) is 0 Å². The lowest BCUT2D eigenvalue weighted by Gasteiger charge is -2.33. The van der Waals surface area contributed by atoms with E-state index in [-0.39, 0.29) is 11.8 Å². The van der Waals surface area contributed by atoms with E-state index in [1.807, 2.05) is 54.6 Å². The maximum Gasteiger partial charge on any atom is 0.227 e. The van der Waals surface area contributed by atoms with Crippen molar-refractivity contribution in [2.75, 3.05) is 23.3 Å². The third-order valence-electron chi connectivity index (χ3n) is 5.16. The SMILES string of the molecule is O=C(Nc1ccccc1Sc1ccccc1)C1CCN(c2cccc(Cl)c2)CC1. The van der Waals surface area contributed by atoms with Crippen molar-refractivity contribution in [1.29, 1.82) is 0 Å². The molecular formula is C24H23ClN2OS. The second kappa shape index (κ2) is 9.38. The van der Waals surface area contributed by atoms with Crippen molar-refractivity contribution in [3.63, 3.8) is 0 Å². The van der Waals surface area contributed by atoms with Crippen LogP contribution in [-0.4, -0.2) is 19.0 Å². The van der Waals surface area contributed by atoms with Crippen LogP contribution in [0.2, 0.25) is 5.02 Å². The first kappa shape index (κ1) is 19.9. The Labute approximate surface area is 181 Å². The van der Waals surface area contributed by atoms with Crippen LogP contribution in [0.4, 0.5) is 11.4 Å². The van der Waals surface area contributed by atoms with E-state index in [0.717, 1.165) is 52.1 Å². The van der Waals surface area contributed by atoms with Crippen LogP contribution in [0.3, 0.4) is 0 Å². The van der Waals surface area contributed by atoms with Crippen molar-refractivity contribution in [2.24, 2.45) is 5.92 Å². The van der Waals surface area contributed by atoms with Gasteiger partial charge in [-0.3, -0.25) is 4.79 Å². The highest BCUT2D eigenvalue weighted by atomic mass is 35.5. The number of hydrogen-bond donors (Lipinski definition) is 1. The van der Waals surface area contributed by atoms with Gasteiger partial charge in [0.1, 0.15) is 0 Å². The van der Waals surface area contributed by atoms with Crippen LogP contribution in [0, 0.1) is 5.92 Å². The van der Waals surface area contributed by atoms with Crippen molar-refractivity contribution in [3.05, 3.63) is 83.9 Å². The lowest BCUT2D eigenvalue weighted by Crippen LogP contribution is -2.38. The van der Waals surface area contributed by atoms with E-state index in [0.29, 0.717) is 0 Å². The van der Waals surface area contributed by atoms with E-state index >= 15 is 0 Å². The van der Waals surface area contributed by atoms with Gasteiger partial charge in [-0.2, -0.15) is 0 Å². The lowest BCUT2D eigenvalue weighted by molar-refractivity contribution is -0.120. The Hall–Kier alpha value is -2.43. The standard InChI is InChI=1S/C24H23ClN2OS/c25-19-7-6-8-20(17-19)27-15-13-18(14-16-27)24(28)26-22-11-4-5-12-23(22)29-21-9-2-1-3-10-21/h1-12,17-18H,13-16H2,(H,26,28). The van der Waals surface area contributed by atoms with Crippen molar-refractivity contribution in [2.45, 2.75) is 22.6 Å². The number of para-hydroxylation sites is 1. The Bertz CT molecular complexity index is 971. The van der Waals surface area contributed by atoms with Crippen LogP contribution in [0.15, 0.2) is 88.7 Å². The molecule has 0 radical (unpaired) electrons. The summed E-state index contributed by atoms with van der Waals surface area (Å²) in [5.41, 5.74) is 2.00. The van der Waals surface area contributed by atoms with Gasteiger partial charge in [-0.05, 0) is 55.3 Å². The number of nitrogens with one attached hydrogen (secondary N) is 1. The van der Waals surface area contributed by atoms with Crippen LogP contribution in [0.25, 0.3) is 0 Å². The minimum Gasteiger partial charge on any atom is -0.371 e. The van der Waals surface area contributed by atoms with Gasteiger partial charge in [-0.25, -0.2) is 0 Å². The second-order valence-electron chi connectivity index (χ2n) is 7.14. The van der Waals surface area contributed by atoms with Gasteiger partial charge in [0.25, 0.3) is 0 Å². The predicted octanol–water partition coefficient (Wildman–Crippen LogP) is 6.35. The molecule has 0 saturated carbocycles. The second-order valence-corrected chi connectivity index (χ2v) is 8.69. The summed E-state index contributed by atoms with van der Waals surface area (Å²) in [7, 11) is 0. The molecule has 0 unspecified atom stereocenters. The zero-order chi connectivity index (χ0) is 20.1. The molecule has 0 aromatic heterocycles. The van der Waals surface area contributed by atoms with E-state index in [1.165, 1.54) is 0 Å². The summed E-state index contributed by atoms with van der Waals surface area (Å²) in [6.07, 6.45) is 1.68.